The van der Waals surface area contributed by atoms with E-state index < -0.39 is 0 Å². The van der Waals surface area contributed by atoms with E-state index in [9.17, 15) is 9.59 Å². The van der Waals surface area contributed by atoms with E-state index in [4.69, 9.17) is 0 Å². The summed E-state index contributed by atoms with van der Waals surface area (Å²) in [6, 6.07) is 0. The Morgan fingerprint density at radius 3 is 2.75 bits per heavy atom. The first-order valence-electron chi connectivity index (χ1n) is 3.84. The van der Waals surface area contributed by atoms with Gasteiger partial charge in [-0.15, -0.1) is 0 Å². The predicted molar refractivity (Wildman–Crippen MR) is 44.2 cm³/mol. The van der Waals surface area contributed by atoms with Crippen molar-refractivity contribution in [1.82, 2.24) is 10.2 Å². The van der Waals surface area contributed by atoms with Gasteiger partial charge in [-0.05, 0) is 6.42 Å². The number of hydrogen-bond donors (Lipinski definition) is 1. The van der Waals surface area contributed by atoms with Gasteiger partial charge in [0.2, 0.25) is 11.8 Å². The van der Waals surface area contributed by atoms with Crippen molar-refractivity contribution in [3.8, 4) is 0 Å². The highest BCUT2D eigenvalue weighted by atomic mass is 16.2. The van der Waals surface area contributed by atoms with E-state index in [0.29, 0.717) is 12.8 Å². The molecule has 0 spiro atoms. The van der Waals surface area contributed by atoms with Crippen LogP contribution in [0, 0.1) is 0 Å². The van der Waals surface area contributed by atoms with E-state index >= 15 is 0 Å². The van der Waals surface area contributed by atoms with Gasteiger partial charge in [-0.2, -0.15) is 0 Å². The summed E-state index contributed by atoms with van der Waals surface area (Å²) >= 11 is 0. The molecular formula is C8H12N2O2. The van der Waals surface area contributed by atoms with Crippen LogP contribution >= 0.6 is 0 Å². The molecule has 1 rings (SSSR count). The molecule has 12 heavy (non-hydrogen) atoms. The third-order valence-electron chi connectivity index (χ3n) is 1.89. The summed E-state index contributed by atoms with van der Waals surface area (Å²) in [7, 11) is 1.55. The van der Waals surface area contributed by atoms with Gasteiger partial charge in [-0.25, -0.2) is 0 Å². The Bertz CT molecular complexity index is 219. The maximum absolute atomic E-state index is 11.1. The second kappa shape index (κ2) is 3.38. The van der Waals surface area contributed by atoms with Gasteiger partial charge in [0.1, 0.15) is 6.54 Å². The van der Waals surface area contributed by atoms with Crippen LogP contribution in [0.2, 0.25) is 0 Å². The number of hydrogen-bond acceptors (Lipinski definition) is 2. The zero-order valence-electron chi connectivity index (χ0n) is 7.09. The topological polar surface area (TPSA) is 49.4 Å². The van der Waals surface area contributed by atoms with Gasteiger partial charge < -0.3 is 10.2 Å². The van der Waals surface area contributed by atoms with Gasteiger partial charge in [-0.3, -0.25) is 9.59 Å². The van der Waals surface area contributed by atoms with Gasteiger partial charge in [0.25, 0.3) is 0 Å². The minimum atomic E-state index is -0.161. The number of carbonyl (C=O) groups is 2. The molecule has 0 aromatic heterocycles. The molecule has 0 bridgehead atoms. The van der Waals surface area contributed by atoms with Crippen LogP contribution in [0.25, 0.3) is 0 Å². The highest BCUT2D eigenvalue weighted by Gasteiger charge is 2.25. The SMILES string of the molecule is C=C1CCC(=O)N1CC(=O)NC. The lowest BCUT2D eigenvalue weighted by Gasteiger charge is -2.15. The quantitative estimate of drug-likeness (QED) is 0.624. The summed E-state index contributed by atoms with van der Waals surface area (Å²) in [5.74, 6) is -0.171. The van der Waals surface area contributed by atoms with Crippen molar-refractivity contribution < 1.29 is 9.59 Å². The maximum Gasteiger partial charge on any atom is 0.239 e. The molecule has 4 nitrogen and oxygen atoms in total. The fourth-order valence-electron chi connectivity index (χ4n) is 1.12. The summed E-state index contributed by atoms with van der Waals surface area (Å²) in [5, 5.41) is 2.46. The number of nitrogens with one attached hydrogen (secondary N) is 1. The average molecular weight is 168 g/mol. The molecule has 66 valence electrons. The van der Waals surface area contributed by atoms with Gasteiger partial charge in [-0.1, -0.05) is 6.58 Å². The van der Waals surface area contributed by atoms with Crippen molar-refractivity contribution in [1.29, 1.82) is 0 Å². The molecule has 0 aromatic carbocycles. The Balaban J connectivity index is 2.56. The number of allylic oxidation sites excluding steroid dienone is 1. The van der Waals surface area contributed by atoms with E-state index in [-0.39, 0.29) is 18.4 Å². The van der Waals surface area contributed by atoms with E-state index in [1.165, 1.54) is 4.90 Å². The zero-order chi connectivity index (χ0) is 9.14. The Labute approximate surface area is 71.2 Å². The third-order valence-corrected chi connectivity index (χ3v) is 1.89. The second-order valence-electron chi connectivity index (χ2n) is 2.72. The molecule has 0 atom stereocenters. The minimum absolute atomic E-state index is 0.0106. The summed E-state index contributed by atoms with van der Waals surface area (Å²) in [6.07, 6.45) is 1.16. The first-order valence-corrected chi connectivity index (χ1v) is 3.84. The van der Waals surface area contributed by atoms with E-state index in [1.54, 1.807) is 7.05 Å². The van der Waals surface area contributed by atoms with Crippen molar-refractivity contribution in [3.63, 3.8) is 0 Å². The number of likely N-dealkylation sites (N-methyl/N-ethyl adjacent to an activating group) is 1. The number of nitrogens with zero attached hydrogens (tertiary/aromatic N) is 1. The Kier molecular flexibility index (Phi) is 2.47. The van der Waals surface area contributed by atoms with Gasteiger partial charge >= 0.3 is 0 Å². The van der Waals surface area contributed by atoms with Crippen molar-refractivity contribution in [2.24, 2.45) is 0 Å². The summed E-state index contributed by atoms with van der Waals surface area (Å²) in [6.45, 7) is 3.80. The van der Waals surface area contributed by atoms with Gasteiger partial charge in [0, 0.05) is 19.2 Å². The van der Waals surface area contributed by atoms with Crippen molar-refractivity contribution in [3.05, 3.63) is 12.3 Å². The zero-order valence-corrected chi connectivity index (χ0v) is 7.09. The Morgan fingerprint density at radius 1 is 1.67 bits per heavy atom. The van der Waals surface area contributed by atoms with Crippen LogP contribution in [0.4, 0.5) is 0 Å². The molecule has 1 aliphatic heterocycles. The molecule has 2 amide bonds. The van der Waals surface area contributed by atoms with E-state index in [0.717, 1.165) is 5.70 Å². The normalized spacial score (nSPS) is 16.9. The van der Waals surface area contributed by atoms with Crippen LogP contribution in [0.3, 0.4) is 0 Å². The number of carbonyl (C=O) groups excluding carboxylic acids is 2. The highest BCUT2D eigenvalue weighted by molar-refractivity contribution is 5.87. The van der Waals surface area contributed by atoms with Gasteiger partial charge in [0.05, 0.1) is 0 Å². The molecule has 1 saturated heterocycles. The molecule has 1 aliphatic rings. The molecule has 1 heterocycles. The monoisotopic (exact) mass is 168 g/mol. The fraction of sp³-hybridized carbons (Fsp3) is 0.500. The smallest absolute Gasteiger partial charge is 0.239 e. The lowest BCUT2D eigenvalue weighted by molar-refractivity contribution is -0.131. The molecule has 0 saturated carbocycles. The number of amides is 2. The molecule has 0 unspecified atom stereocenters. The molecule has 0 aliphatic carbocycles. The van der Waals surface area contributed by atoms with Crippen LogP contribution in [-0.4, -0.2) is 30.3 Å². The Hall–Kier alpha value is -1.32. The molecule has 4 heteroatoms. The molecule has 0 radical (unpaired) electrons. The molecular weight excluding hydrogens is 156 g/mol. The van der Waals surface area contributed by atoms with Crippen molar-refractivity contribution in [2.75, 3.05) is 13.6 Å². The first kappa shape index (κ1) is 8.77. The average Bonchev–Trinajstić information content (AvgIpc) is 2.35. The second-order valence-corrected chi connectivity index (χ2v) is 2.72. The number of rotatable bonds is 2. The van der Waals surface area contributed by atoms with E-state index in [2.05, 4.69) is 11.9 Å². The molecule has 1 N–H and O–H groups in total. The fourth-order valence-corrected chi connectivity index (χ4v) is 1.12. The summed E-state index contributed by atoms with van der Waals surface area (Å²) in [5.41, 5.74) is 0.739. The van der Waals surface area contributed by atoms with Crippen LogP contribution in [0.1, 0.15) is 12.8 Å². The summed E-state index contributed by atoms with van der Waals surface area (Å²) in [4.78, 5) is 23.5. The van der Waals surface area contributed by atoms with Crippen LogP contribution in [0.15, 0.2) is 12.3 Å². The Morgan fingerprint density at radius 2 is 2.33 bits per heavy atom. The number of likely N-dealkylation sites (tertiary alicyclic amines) is 1. The largest absolute Gasteiger partial charge is 0.358 e. The van der Waals surface area contributed by atoms with Crippen molar-refractivity contribution >= 4 is 11.8 Å². The summed E-state index contributed by atoms with van der Waals surface area (Å²) < 4.78 is 0. The highest BCUT2D eigenvalue weighted by Crippen LogP contribution is 2.19. The minimum Gasteiger partial charge on any atom is -0.358 e. The third kappa shape index (κ3) is 1.64. The van der Waals surface area contributed by atoms with Crippen LogP contribution < -0.4 is 5.32 Å². The van der Waals surface area contributed by atoms with Crippen LogP contribution in [-0.2, 0) is 9.59 Å². The molecule has 0 aromatic rings. The lowest BCUT2D eigenvalue weighted by atomic mass is 10.3. The van der Waals surface area contributed by atoms with Crippen molar-refractivity contribution in [2.45, 2.75) is 12.8 Å². The van der Waals surface area contributed by atoms with E-state index in [1.807, 2.05) is 0 Å². The lowest BCUT2D eigenvalue weighted by Crippen LogP contribution is -2.35. The standard InChI is InChI=1S/C8H12N2O2/c1-6-3-4-8(12)10(6)5-7(11)9-2/h1,3-5H2,2H3,(H,9,11). The van der Waals surface area contributed by atoms with Gasteiger partial charge in [0.15, 0.2) is 0 Å². The maximum atomic E-state index is 11.1. The van der Waals surface area contributed by atoms with Crippen LogP contribution in [0.5, 0.6) is 0 Å². The predicted octanol–water partition coefficient (Wildman–Crippen LogP) is -0.131. The molecule has 1 fully saturated rings. The first-order chi connectivity index (χ1) is 5.65.